The lowest BCUT2D eigenvalue weighted by atomic mass is 9.84. The van der Waals surface area contributed by atoms with Crippen LogP contribution in [0.25, 0.3) is 0 Å². The molecule has 3 rings (SSSR count). The number of para-hydroxylation sites is 1. The molecule has 3 N–H and O–H groups in total. The number of fused-ring (bicyclic) bond motifs is 2. The van der Waals surface area contributed by atoms with Crippen molar-refractivity contribution in [3.05, 3.63) is 29.3 Å². The van der Waals surface area contributed by atoms with E-state index in [1.165, 1.54) is 0 Å². The number of nitrogens with one attached hydrogen (secondary N) is 1. The van der Waals surface area contributed by atoms with E-state index in [0.29, 0.717) is 18.4 Å². The fourth-order valence-electron chi connectivity index (χ4n) is 4.62. The first-order valence-corrected chi connectivity index (χ1v) is 9.32. The fourth-order valence-corrected chi connectivity index (χ4v) is 4.62. The first-order valence-electron chi connectivity index (χ1n) is 9.32. The molecule has 5 nitrogen and oxygen atoms in total. The summed E-state index contributed by atoms with van der Waals surface area (Å²) in [5, 5.41) is 2.97. The fraction of sp³-hybridized carbons (Fsp3) is 0.600. The van der Waals surface area contributed by atoms with Crippen molar-refractivity contribution in [2.45, 2.75) is 46.1 Å². The van der Waals surface area contributed by atoms with Gasteiger partial charge in [0.2, 0.25) is 11.8 Å². The van der Waals surface area contributed by atoms with Crippen LogP contribution in [0.3, 0.4) is 0 Å². The number of halogens is 1. The van der Waals surface area contributed by atoms with E-state index in [4.69, 9.17) is 5.73 Å². The third-order valence-electron chi connectivity index (χ3n) is 6.04. The van der Waals surface area contributed by atoms with E-state index >= 15 is 0 Å². The highest BCUT2D eigenvalue weighted by molar-refractivity contribution is 5.96. The lowest BCUT2D eigenvalue weighted by molar-refractivity contribution is -0.140. The minimum absolute atomic E-state index is 0. The molecule has 6 heteroatoms. The van der Waals surface area contributed by atoms with E-state index in [-0.39, 0.29) is 42.7 Å². The van der Waals surface area contributed by atoms with Gasteiger partial charge < -0.3 is 16.0 Å². The maximum Gasteiger partial charge on any atom is 0.244 e. The number of likely N-dealkylation sites (N-methyl/N-ethyl adjacent to an activating group) is 1. The van der Waals surface area contributed by atoms with Gasteiger partial charge in [-0.1, -0.05) is 18.2 Å². The van der Waals surface area contributed by atoms with Gasteiger partial charge in [0.15, 0.2) is 0 Å². The van der Waals surface area contributed by atoms with E-state index in [9.17, 15) is 9.59 Å². The lowest BCUT2D eigenvalue weighted by Crippen LogP contribution is -2.49. The first kappa shape index (κ1) is 20.7. The molecule has 0 aliphatic heterocycles. The smallest absolute Gasteiger partial charge is 0.244 e. The Bertz CT molecular complexity index is 657. The molecule has 0 aromatic heterocycles. The summed E-state index contributed by atoms with van der Waals surface area (Å²) in [5.74, 6) is 0.694. The third kappa shape index (κ3) is 3.89. The number of nitrogens with two attached hydrogens (primary N) is 1. The quantitative estimate of drug-likeness (QED) is 0.825. The van der Waals surface area contributed by atoms with Gasteiger partial charge in [0.05, 0.1) is 12.5 Å². The summed E-state index contributed by atoms with van der Waals surface area (Å²) in [6.07, 6.45) is 3.32. The van der Waals surface area contributed by atoms with Crippen molar-refractivity contribution in [1.29, 1.82) is 0 Å². The van der Waals surface area contributed by atoms with Gasteiger partial charge >= 0.3 is 0 Å². The second-order valence-electron chi connectivity index (χ2n) is 7.60. The van der Waals surface area contributed by atoms with Crippen molar-refractivity contribution in [2.75, 3.05) is 18.4 Å². The highest BCUT2D eigenvalue weighted by Gasteiger charge is 2.50. The Balaban J connectivity index is 0.00000243. The number of carbonyl (C=O) groups excluding carboxylic acids is 2. The molecule has 4 unspecified atom stereocenters. The summed E-state index contributed by atoms with van der Waals surface area (Å²) < 4.78 is 0. The molecule has 0 radical (unpaired) electrons. The number of hydrogen-bond donors (Lipinski definition) is 2. The van der Waals surface area contributed by atoms with Gasteiger partial charge in [0, 0.05) is 18.3 Å². The highest BCUT2D eigenvalue weighted by atomic mass is 35.5. The van der Waals surface area contributed by atoms with Gasteiger partial charge in [-0.05, 0) is 63.0 Å². The number of anilines is 1. The molecule has 2 aliphatic rings. The topological polar surface area (TPSA) is 75.4 Å². The summed E-state index contributed by atoms with van der Waals surface area (Å²) >= 11 is 0. The van der Waals surface area contributed by atoms with Gasteiger partial charge in [0.1, 0.15) is 0 Å². The molecule has 2 aliphatic carbocycles. The molecule has 0 saturated heterocycles. The Morgan fingerprint density at radius 3 is 2.35 bits per heavy atom. The summed E-state index contributed by atoms with van der Waals surface area (Å²) in [4.78, 5) is 27.1. The summed E-state index contributed by atoms with van der Waals surface area (Å²) in [7, 11) is 0. The van der Waals surface area contributed by atoms with Crippen LogP contribution in [-0.2, 0) is 9.59 Å². The van der Waals surface area contributed by atoms with Gasteiger partial charge in [-0.2, -0.15) is 0 Å². The molecule has 2 bridgehead atoms. The Morgan fingerprint density at radius 2 is 1.81 bits per heavy atom. The van der Waals surface area contributed by atoms with Gasteiger partial charge in [0.25, 0.3) is 0 Å². The maximum absolute atomic E-state index is 13.0. The second kappa shape index (κ2) is 8.40. The Kier molecular flexibility index (Phi) is 6.69. The largest absolute Gasteiger partial charge is 0.333 e. The summed E-state index contributed by atoms with van der Waals surface area (Å²) in [6.45, 7) is 6.48. The minimum atomic E-state index is -0.149. The first-order chi connectivity index (χ1) is 11.9. The molecule has 4 atom stereocenters. The molecule has 0 heterocycles. The molecular weight excluding hydrogens is 350 g/mol. The predicted octanol–water partition coefficient (Wildman–Crippen LogP) is 2.89. The SMILES string of the molecule is CCN(CC(=O)Nc1c(C)cccc1C)C(=O)C1C2CCC(C2)C1N.Cl. The van der Waals surface area contributed by atoms with E-state index in [2.05, 4.69) is 5.32 Å². The standard InChI is InChI=1S/C20H29N3O2.ClH/c1-4-23(20(25)17-14-8-9-15(10-14)18(17)21)11-16(24)22-19-12(2)6-5-7-13(19)3;/h5-7,14-15,17-18H,4,8-11,21H2,1-3H3,(H,22,24);1H. The van der Waals surface area contributed by atoms with Gasteiger partial charge in [-0.25, -0.2) is 0 Å². The molecular formula is C20H30ClN3O2. The monoisotopic (exact) mass is 379 g/mol. The molecule has 1 aromatic carbocycles. The molecule has 2 amide bonds. The average molecular weight is 380 g/mol. The van der Waals surface area contributed by atoms with Crippen molar-refractivity contribution in [2.24, 2.45) is 23.5 Å². The zero-order valence-corrected chi connectivity index (χ0v) is 16.6. The van der Waals surface area contributed by atoms with E-state index in [0.717, 1.165) is 36.1 Å². The van der Waals surface area contributed by atoms with Crippen LogP contribution < -0.4 is 11.1 Å². The van der Waals surface area contributed by atoms with Crippen molar-refractivity contribution < 1.29 is 9.59 Å². The lowest BCUT2D eigenvalue weighted by Gasteiger charge is -2.32. The van der Waals surface area contributed by atoms with Crippen LogP contribution in [0.5, 0.6) is 0 Å². The van der Waals surface area contributed by atoms with E-state index in [1.807, 2.05) is 39.0 Å². The molecule has 2 saturated carbocycles. The number of nitrogens with zero attached hydrogens (tertiary/aromatic N) is 1. The number of rotatable bonds is 5. The van der Waals surface area contributed by atoms with Crippen LogP contribution >= 0.6 is 12.4 Å². The molecule has 26 heavy (non-hydrogen) atoms. The normalized spacial score (nSPS) is 26.3. The Labute approximate surface area is 162 Å². The summed E-state index contributed by atoms with van der Waals surface area (Å²) in [6, 6.07) is 5.87. The van der Waals surface area contributed by atoms with Gasteiger partial charge in [-0.15, -0.1) is 12.4 Å². The third-order valence-corrected chi connectivity index (χ3v) is 6.04. The van der Waals surface area contributed by atoms with Crippen LogP contribution in [-0.4, -0.2) is 35.8 Å². The van der Waals surface area contributed by atoms with Crippen LogP contribution in [0.15, 0.2) is 18.2 Å². The zero-order valence-electron chi connectivity index (χ0n) is 15.8. The number of amides is 2. The Morgan fingerprint density at radius 1 is 1.19 bits per heavy atom. The van der Waals surface area contributed by atoms with Gasteiger partial charge in [-0.3, -0.25) is 9.59 Å². The van der Waals surface area contributed by atoms with Crippen LogP contribution in [0.1, 0.15) is 37.3 Å². The minimum Gasteiger partial charge on any atom is -0.333 e. The van der Waals surface area contributed by atoms with Crippen LogP contribution in [0.2, 0.25) is 0 Å². The molecule has 1 aromatic rings. The maximum atomic E-state index is 13.0. The van der Waals surface area contributed by atoms with Crippen molar-refractivity contribution in [3.63, 3.8) is 0 Å². The summed E-state index contributed by atoms with van der Waals surface area (Å²) in [5.41, 5.74) is 9.20. The number of aryl methyl sites for hydroxylation is 2. The van der Waals surface area contributed by atoms with E-state index in [1.54, 1.807) is 4.90 Å². The second-order valence-corrected chi connectivity index (χ2v) is 7.60. The predicted molar refractivity (Wildman–Crippen MR) is 106 cm³/mol. The van der Waals surface area contributed by atoms with Crippen molar-refractivity contribution >= 4 is 29.9 Å². The van der Waals surface area contributed by atoms with Crippen LogP contribution in [0, 0.1) is 31.6 Å². The zero-order chi connectivity index (χ0) is 18.1. The molecule has 2 fully saturated rings. The van der Waals surface area contributed by atoms with Crippen LogP contribution in [0.4, 0.5) is 5.69 Å². The van der Waals surface area contributed by atoms with Crippen molar-refractivity contribution in [3.8, 4) is 0 Å². The molecule has 0 spiro atoms. The molecule has 144 valence electrons. The highest BCUT2D eigenvalue weighted by Crippen LogP contribution is 2.48. The number of benzene rings is 1. The average Bonchev–Trinajstić information content (AvgIpc) is 3.16. The van der Waals surface area contributed by atoms with E-state index < -0.39 is 0 Å². The number of carbonyl (C=O) groups is 2. The van der Waals surface area contributed by atoms with Crippen molar-refractivity contribution in [1.82, 2.24) is 4.90 Å². The Hall–Kier alpha value is -1.59. The number of hydrogen-bond acceptors (Lipinski definition) is 3.